The number of halogens is 2. The summed E-state index contributed by atoms with van der Waals surface area (Å²) in [4.78, 5) is 0. The van der Waals surface area contributed by atoms with E-state index in [4.69, 9.17) is 0 Å². The molecule has 4 heteroatoms. The second-order valence-electron chi connectivity index (χ2n) is 4.14. The van der Waals surface area contributed by atoms with Crippen LogP contribution in [0.25, 0.3) is 0 Å². The van der Waals surface area contributed by atoms with Crippen molar-refractivity contribution >= 4 is 31.9 Å². The van der Waals surface area contributed by atoms with Crippen molar-refractivity contribution in [1.82, 2.24) is 9.78 Å². The first kappa shape index (κ1) is 14.2. The topological polar surface area (TPSA) is 17.8 Å². The molecule has 92 valence electrons. The van der Waals surface area contributed by atoms with E-state index >= 15 is 0 Å². The predicted molar refractivity (Wildman–Crippen MR) is 76.6 cm³/mol. The van der Waals surface area contributed by atoms with E-state index in [-0.39, 0.29) is 0 Å². The SMILES string of the molecule is CCC(CC)n1ccc(CC(CBr)CBr)n1. The largest absolute Gasteiger partial charge is 0.269 e. The van der Waals surface area contributed by atoms with Gasteiger partial charge in [-0.3, -0.25) is 4.68 Å². The molecule has 1 aromatic heterocycles. The summed E-state index contributed by atoms with van der Waals surface area (Å²) in [5.74, 6) is 0.630. The van der Waals surface area contributed by atoms with Gasteiger partial charge in [0.05, 0.1) is 11.7 Å². The molecule has 0 radical (unpaired) electrons. The summed E-state index contributed by atoms with van der Waals surface area (Å²) in [5.41, 5.74) is 1.20. The van der Waals surface area contributed by atoms with E-state index in [1.165, 1.54) is 5.69 Å². The number of hydrogen-bond donors (Lipinski definition) is 0. The van der Waals surface area contributed by atoms with Crippen molar-refractivity contribution in [3.05, 3.63) is 18.0 Å². The van der Waals surface area contributed by atoms with E-state index in [0.29, 0.717) is 12.0 Å². The number of hydrogen-bond acceptors (Lipinski definition) is 1. The molecule has 0 aliphatic heterocycles. The Morgan fingerprint density at radius 3 is 2.38 bits per heavy atom. The van der Waals surface area contributed by atoms with E-state index in [1.54, 1.807) is 0 Å². The van der Waals surface area contributed by atoms with Gasteiger partial charge in [-0.15, -0.1) is 0 Å². The number of alkyl halides is 2. The summed E-state index contributed by atoms with van der Waals surface area (Å²) in [6.07, 6.45) is 5.46. The molecule has 0 aliphatic rings. The second kappa shape index (κ2) is 7.49. The van der Waals surface area contributed by atoms with Crippen LogP contribution in [0.3, 0.4) is 0 Å². The highest BCUT2D eigenvalue weighted by Crippen LogP contribution is 2.17. The molecular formula is C12H20Br2N2. The van der Waals surface area contributed by atoms with Crippen molar-refractivity contribution in [2.45, 2.75) is 39.2 Å². The average Bonchev–Trinajstić information content (AvgIpc) is 2.76. The Morgan fingerprint density at radius 2 is 1.88 bits per heavy atom. The van der Waals surface area contributed by atoms with Crippen LogP contribution in [-0.2, 0) is 6.42 Å². The van der Waals surface area contributed by atoms with E-state index in [9.17, 15) is 0 Å². The normalized spacial score (nSPS) is 11.6. The van der Waals surface area contributed by atoms with Crippen molar-refractivity contribution in [2.24, 2.45) is 5.92 Å². The third kappa shape index (κ3) is 3.88. The fourth-order valence-electron chi connectivity index (χ4n) is 1.80. The van der Waals surface area contributed by atoms with Crippen LogP contribution in [0, 0.1) is 5.92 Å². The molecule has 16 heavy (non-hydrogen) atoms. The second-order valence-corrected chi connectivity index (χ2v) is 5.43. The molecule has 0 aliphatic carbocycles. The number of aromatic nitrogens is 2. The lowest BCUT2D eigenvalue weighted by Gasteiger charge is -2.13. The van der Waals surface area contributed by atoms with Crippen LogP contribution in [0.2, 0.25) is 0 Å². The molecule has 1 heterocycles. The van der Waals surface area contributed by atoms with Gasteiger partial charge in [0.25, 0.3) is 0 Å². The van der Waals surface area contributed by atoms with E-state index in [2.05, 4.69) is 67.8 Å². The summed E-state index contributed by atoms with van der Waals surface area (Å²) >= 11 is 7.06. The quantitative estimate of drug-likeness (QED) is 0.673. The third-order valence-electron chi connectivity index (χ3n) is 2.91. The highest BCUT2D eigenvalue weighted by Gasteiger charge is 2.11. The maximum Gasteiger partial charge on any atom is 0.0628 e. The molecule has 0 N–H and O–H groups in total. The summed E-state index contributed by atoms with van der Waals surface area (Å²) in [6, 6.07) is 2.71. The van der Waals surface area contributed by atoms with Gasteiger partial charge in [-0.2, -0.15) is 5.10 Å². The number of rotatable bonds is 7. The van der Waals surface area contributed by atoms with Crippen LogP contribution in [0.1, 0.15) is 38.4 Å². The van der Waals surface area contributed by atoms with Crippen LogP contribution in [-0.4, -0.2) is 20.4 Å². The molecule has 0 saturated heterocycles. The Labute approximate surface area is 115 Å². The number of nitrogens with zero attached hydrogens (tertiary/aromatic N) is 2. The Balaban J connectivity index is 2.63. The lowest BCUT2D eigenvalue weighted by Crippen LogP contribution is -2.11. The van der Waals surface area contributed by atoms with Gasteiger partial charge in [-0.1, -0.05) is 45.7 Å². The molecule has 0 amide bonds. The Kier molecular flexibility index (Phi) is 6.66. The van der Waals surface area contributed by atoms with Crippen LogP contribution in [0.4, 0.5) is 0 Å². The Bertz CT molecular complexity index is 291. The molecule has 0 bridgehead atoms. The Hall–Kier alpha value is 0.170. The van der Waals surface area contributed by atoms with Crippen molar-refractivity contribution < 1.29 is 0 Å². The van der Waals surface area contributed by atoms with Gasteiger partial charge >= 0.3 is 0 Å². The van der Waals surface area contributed by atoms with E-state index in [0.717, 1.165) is 29.9 Å². The van der Waals surface area contributed by atoms with Crippen molar-refractivity contribution in [3.63, 3.8) is 0 Å². The van der Waals surface area contributed by atoms with Crippen molar-refractivity contribution in [3.8, 4) is 0 Å². The molecule has 0 fully saturated rings. The highest BCUT2D eigenvalue weighted by molar-refractivity contribution is 9.09. The molecule has 2 nitrogen and oxygen atoms in total. The van der Waals surface area contributed by atoms with Crippen LogP contribution < -0.4 is 0 Å². The molecule has 0 atom stereocenters. The molecule has 0 aromatic carbocycles. The van der Waals surface area contributed by atoms with Gasteiger partial charge in [0.2, 0.25) is 0 Å². The summed E-state index contributed by atoms with van der Waals surface area (Å²) in [7, 11) is 0. The summed E-state index contributed by atoms with van der Waals surface area (Å²) < 4.78 is 2.12. The first-order valence-electron chi connectivity index (χ1n) is 5.91. The Morgan fingerprint density at radius 1 is 1.25 bits per heavy atom. The van der Waals surface area contributed by atoms with Gasteiger partial charge < -0.3 is 0 Å². The minimum Gasteiger partial charge on any atom is -0.269 e. The fraction of sp³-hybridized carbons (Fsp3) is 0.750. The van der Waals surface area contributed by atoms with Crippen LogP contribution in [0.15, 0.2) is 12.3 Å². The van der Waals surface area contributed by atoms with Crippen LogP contribution >= 0.6 is 31.9 Å². The molecule has 0 spiro atoms. The first-order chi connectivity index (χ1) is 7.74. The van der Waals surface area contributed by atoms with Gasteiger partial charge in [0.15, 0.2) is 0 Å². The highest BCUT2D eigenvalue weighted by atomic mass is 79.9. The lowest BCUT2D eigenvalue weighted by molar-refractivity contribution is 0.424. The smallest absolute Gasteiger partial charge is 0.0628 e. The van der Waals surface area contributed by atoms with E-state index < -0.39 is 0 Å². The zero-order valence-electron chi connectivity index (χ0n) is 10.00. The van der Waals surface area contributed by atoms with Crippen LogP contribution in [0.5, 0.6) is 0 Å². The van der Waals surface area contributed by atoms with Crippen molar-refractivity contribution in [1.29, 1.82) is 0 Å². The molecule has 0 unspecified atom stereocenters. The van der Waals surface area contributed by atoms with Gasteiger partial charge in [0, 0.05) is 16.9 Å². The maximum absolute atomic E-state index is 4.66. The maximum atomic E-state index is 4.66. The van der Waals surface area contributed by atoms with Crippen molar-refractivity contribution in [2.75, 3.05) is 10.7 Å². The summed E-state index contributed by atoms with van der Waals surface area (Å²) in [6.45, 7) is 4.44. The van der Waals surface area contributed by atoms with Gasteiger partial charge in [0.1, 0.15) is 0 Å². The lowest BCUT2D eigenvalue weighted by atomic mass is 10.1. The third-order valence-corrected chi connectivity index (χ3v) is 4.75. The van der Waals surface area contributed by atoms with Gasteiger partial charge in [-0.25, -0.2) is 0 Å². The molecule has 0 saturated carbocycles. The molecular weight excluding hydrogens is 332 g/mol. The standard InChI is InChI=1S/C12H20Br2N2/c1-3-12(4-2)16-6-5-11(15-16)7-10(8-13)9-14/h5-6,10,12H,3-4,7-9H2,1-2H3. The summed E-state index contributed by atoms with van der Waals surface area (Å²) in [5, 5.41) is 6.71. The van der Waals surface area contributed by atoms with E-state index in [1.807, 2.05) is 0 Å². The average molecular weight is 352 g/mol. The monoisotopic (exact) mass is 350 g/mol. The molecule has 1 rings (SSSR count). The minimum atomic E-state index is 0.556. The first-order valence-corrected chi connectivity index (χ1v) is 8.15. The van der Waals surface area contributed by atoms with Gasteiger partial charge in [-0.05, 0) is 31.2 Å². The zero-order valence-corrected chi connectivity index (χ0v) is 13.2. The minimum absolute atomic E-state index is 0.556. The zero-order chi connectivity index (χ0) is 12.0. The fourth-order valence-corrected chi connectivity index (χ4v) is 3.33. The molecule has 1 aromatic rings. The predicted octanol–water partition coefficient (Wildman–Crippen LogP) is 4.19.